The smallest absolute Gasteiger partial charge is 0.229 e. The summed E-state index contributed by atoms with van der Waals surface area (Å²) in [7, 11) is 0. The van der Waals surface area contributed by atoms with Crippen LogP contribution in [0.2, 0.25) is 10.0 Å². The number of hydrogen-bond donors (Lipinski definition) is 2. The highest BCUT2D eigenvalue weighted by molar-refractivity contribution is 6.35. The summed E-state index contributed by atoms with van der Waals surface area (Å²) in [6, 6.07) is 16.1. The van der Waals surface area contributed by atoms with E-state index in [1.54, 1.807) is 48.7 Å². The van der Waals surface area contributed by atoms with E-state index < -0.39 is 0 Å². The molecule has 2 N–H and O–H groups in total. The van der Waals surface area contributed by atoms with Gasteiger partial charge in [0.15, 0.2) is 0 Å². The van der Waals surface area contributed by atoms with E-state index in [-0.39, 0.29) is 0 Å². The van der Waals surface area contributed by atoms with Crippen molar-refractivity contribution in [1.82, 2.24) is 9.97 Å². The number of nitriles is 1. The average Bonchev–Trinajstić information content (AvgIpc) is 2.54. The van der Waals surface area contributed by atoms with Gasteiger partial charge in [-0.15, -0.1) is 0 Å². The molecule has 5 nitrogen and oxygen atoms in total. The van der Waals surface area contributed by atoms with Crippen molar-refractivity contribution in [2.24, 2.45) is 0 Å². The maximum atomic E-state index is 8.95. The minimum absolute atomic E-state index is 0.398. The quantitative estimate of drug-likeness (QED) is 0.677. The fraction of sp³-hybridized carbons (Fsp3) is 0. The molecule has 118 valence electrons. The first-order valence-corrected chi connectivity index (χ1v) is 7.71. The predicted octanol–water partition coefficient (Wildman–Crippen LogP) is 5.14. The van der Waals surface area contributed by atoms with Gasteiger partial charge < -0.3 is 10.6 Å². The standard InChI is InChI=1S/C17H11Cl2N5/c18-12-7-13(19)9-15(8-12)23-17-21-5-4-16(24-17)22-14-3-1-2-11(6-14)10-20/h1-9H,(H2,21,22,23,24). The van der Waals surface area contributed by atoms with Gasteiger partial charge in [0.1, 0.15) is 5.82 Å². The molecule has 7 heteroatoms. The van der Waals surface area contributed by atoms with Gasteiger partial charge in [-0.1, -0.05) is 29.3 Å². The first kappa shape index (κ1) is 16.1. The number of nitrogens with zero attached hydrogens (tertiary/aromatic N) is 3. The average molecular weight is 356 g/mol. The lowest BCUT2D eigenvalue weighted by atomic mass is 10.2. The van der Waals surface area contributed by atoms with E-state index in [9.17, 15) is 0 Å². The normalized spacial score (nSPS) is 10.0. The summed E-state index contributed by atoms with van der Waals surface area (Å²) in [5, 5.41) is 16.2. The van der Waals surface area contributed by atoms with Crippen LogP contribution in [0, 0.1) is 11.3 Å². The molecule has 0 aliphatic carbocycles. The second kappa shape index (κ2) is 7.18. The van der Waals surface area contributed by atoms with Crippen LogP contribution in [0.5, 0.6) is 0 Å². The zero-order chi connectivity index (χ0) is 16.9. The molecule has 0 unspecified atom stereocenters. The fourth-order valence-electron chi connectivity index (χ4n) is 2.06. The summed E-state index contributed by atoms with van der Waals surface area (Å²) in [4.78, 5) is 8.54. The summed E-state index contributed by atoms with van der Waals surface area (Å²) in [6.07, 6.45) is 1.62. The van der Waals surface area contributed by atoms with Crippen LogP contribution in [0.15, 0.2) is 54.7 Å². The van der Waals surface area contributed by atoms with Crippen LogP contribution in [0.25, 0.3) is 0 Å². The lowest BCUT2D eigenvalue weighted by Crippen LogP contribution is -2.00. The van der Waals surface area contributed by atoms with Crippen molar-refractivity contribution in [3.63, 3.8) is 0 Å². The molecule has 0 spiro atoms. The number of nitrogens with one attached hydrogen (secondary N) is 2. The minimum atomic E-state index is 0.398. The van der Waals surface area contributed by atoms with Crippen molar-refractivity contribution in [3.05, 3.63) is 70.3 Å². The van der Waals surface area contributed by atoms with Crippen LogP contribution in [0.3, 0.4) is 0 Å². The van der Waals surface area contributed by atoms with Gasteiger partial charge in [0, 0.05) is 27.6 Å². The van der Waals surface area contributed by atoms with Crippen molar-refractivity contribution >= 4 is 46.3 Å². The molecule has 0 saturated heterocycles. The van der Waals surface area contributed by atoms with Crippen LogP contribution < -0.4 is 10.6 Å². The van der Waals surface area contributed by atoms with Crippen LogP contribution in [0.4, 0.5) is 23.1 Å². The Morgan fingerprint density at radius 3 is 2.46 bits per heavy atom. The molecule has 0 aliphatic heterocycles. The largest absolute Gasteiger partial charge is 0.340 e. The number of benzene rings is 2. The summed E-state index contributed by atoms with van der Waals surface area (Å²) in [5.74, 6) is 0.991. The Hall–Kier alpha value is -2.81. The van der Waals surface area contributed by atoms with E-state index in [1.807, 2.05) is 6.07 Å². The Bertz CT molecular complexity index is 901. The number of anilines is 4. The molecule has 0 atom stereocenters. The van der Waals surface area contributed by atoms with Crippen LogP contribution in [-0.4, -0.2) is 9.97 Å². The van der Waals surface area contributed by atoms with Crippen molar-refractivity contribution in [1.29, 1.82) is 5.26 Å². The van der Waals surface area contributed by atoms with E-state index in [0.717, 1.165) is 5.69 Å². The third-order valence-electron chi connectivity index (χ3n) is 3.04. The highest BCUT2D eigenvalue weighted by atomic mass is 35.5. The molecule has 0 aliphatic rings. The molecule has 1 aromatic heterocycles. The molecular weight excluding hydrogens is 345 g/mol. The number of halogens is 2. The van der Waals surface area contributed by atoms with Gasteiger partial charge >= 0.3 is 0 Å². The Balaban J connectivity index is 1.80. The topological polar surface area (TPSA) is 73.6 Å². The molecule has 0 bridgehead atoms. The second-order valence-electron chi connectivity index (χ2n) is 4.87. The summed E-state index contributed by atoms with van der Waals surface area (Å²) < 4.78 is 0. The molecule has 0 radical (unpaired) electrons. The van der Waals surface area contributed by atoms with Crippen LogP contribution >= 0.6 is 23.2 Å². The van der Waals surface area contributed by atoms with E-state index in [0.29, 0.717) is 33.1 Å². The van der Waals surface area contributed by atoms with Crippen LogP contribution in [0.1, 0.15) is 5.56 Å². The van der Waals surface area contributed by atoms with Gasteiger partial charge in [-0.3, -0.25) is 0 Å². The summed E-state index contributed by atoms with van der Waals surface area (Å²) in [5.41, 5.74) is 2.03. The van der Waals surface area contributed by atoms with E-state index >= 15 is 0 Å². The molecule has 24 heavy (non-hydrogen) atoms. The summed E-state index contributed by atoms with van der Waals surface area (Å²) in [6.45, 7) is 0. The molecule has 0 saturated carbocycles. The van der Waals surface area contributed by atoms with Crippen molar-refractivity contribution in [2.45, 2.75) is 0 Å². The van der Waals surface area contributed by atoms with Crippen molar-refractivity contribution in [2.75, 3.05) is 10.6 Å². The Morgan fingerprint density at radius 2 is 1.71 bits per heavy atom. The van der Waals surface area contributed by atoms with Gasteiger partial charge in [-0.05, 0) is 42.5 Å². The maximum Gasteiger partial charge on any atom is 0.229 e. The maximum absolute atomic E-state index is 8.95. The van der Waals surface area contributed by atoms with Gasteiger partial charge in [0.05, 0.1) is 11.6 Å². The fourth-order valence-corrected chi connectivity index (χ4v) is 2.58. The van der Waals surface area contributed by atoms with E-state index in [4.69, 9.17) is 28.5 Å². The third-order valence-corrected chi connectivity index (χ3v) is 3.47. The van der Waals surface area contributed by atoms with Crippen LogP contribution in [-0.2, 0) is 0 Å². The van der Waals surface area contributed by atoms with E-state index in [1.165, 1.54) is 0 Å². The third kappa shape index (κ3) is 4.13. The molecule has 3 aromatic rings. The van der Waals surface area contributed by atoms with Gasteiger partial charge in [0.25, 0.3) is 0 Å². The Kier molecular flexibility index (Phi) is 4.80. The molecule has 0 amide bonds. The van der Waals surface area contributed by atoms with E-state index in [2.05, 4.69) is 26.7 Å². The van der Waals surface area contributed by atoms with Gasteiger partial charge in [-0.25, -0.2) is 4.98 Å². The van der Waals surface area contributed by atoms with Gasteiger partial charge in [-0.2, -0.15) is 10.2 Å². The highest BCUT2D eigenvalue weighted by Crippen LogP contribution is 2.24. The first-order valence-electron chi connectivity index (χ1n) is 6.96. The molecule has 3 rings (SSSR count). The predicted molar refractivity (Wildman–Crippen MR) is 96.2 cm³/mol. The number of rotatable bonds is 4. The lowest BCUT2D eigenvalue weighted by molar-refractivity contribution is 1.17. The minimum Gasteiger partial charge on any atom is -0.340 e. The first-order chi connectivity index (χ1) is 11.6. The highest BCUT2D eigenvalue weighted by Gasteiger charge is 2.03. The molecular formula is C17H11Cl2N5. The zero-order valence-corrected chi connectivity index (χ0v) is 13.8. The molecule has 0 fully saturated rings. The monoisotopic (exact) mass is 355 g/mol. The Morgan fingerprint density at radius 1 is 0.917 bits per heavy atom. The summed E-state index contributed by atoms with van der Waals surface area (Å²) >= 11 is 12.0. The van der Waals surface area contributed by atoms with Crippen molar-refractivity contribution in [3.8, 4) is 6.07 Å². The zero-order valence-electron chi connectivity index (χ0n) is 12.3. The number of aromatic nitrogens is 2. The Labute approximate surface area is 148 Å². The second-order valence-corrected chi connectivity index (χ2v) is 5.74. The molecule has 2 aromatic carbocycles. The van der Waals surface area contributed by atoms with Gasteiger partial charge in [0.2, 0.25) is 5.95 Å². The number of hydrogen-bond acceptors (Lipinski definition) is 5. The SMILES string of the molecule is N#Cc1cccc(Nc2ccnc(Nc3cc(Cl)cc(Cl)c3)n2)c1. The lowest BCUT2D eigenvalue weighted by Gasteiger charge is -2.09. The van der Waals surface area contributed by atoms with Crippen molar-refractivity contribution < 1.29 is 0 Å². The molecule has 1 heterocycles.